The molecule has 0 atom stereocenters. The molecule has 0 aliphatic heterocycles. The van der Waals surface area contributed by atoms with Gasteiger partial charge >= 0.3 is 0 Å². The molecule has 1 aromatic carbocycles. The molecule has 3 heteroatoms. The Morgan fingerprint density at radius 3 is 2.35 bits per heavy atom. The Hall–Kier alpha value is -2.21. The van der Waals surface area contributed by atoms with Gasteiger partial charge < -0.3 is 0 Å². The summed E-state index contributed by atoms with van der Waals surface area (Å²) in [5, 5.41) is 0. The van der Waals surface area contributed by atoms with Crippen molar-refractivity contribution in [2.24, 2.45) is 11.8 Å². The summed E-state index contributed by atoms with van der Waals surface area (Å²) in [5.41, 5.74) is 1.66. The van der Waals surface area contributed by atoms with E-state index in [4.69, 9.17) is 0 Å². The van der Waals surface area contributed by atoms with Gasteiger partial charge in [-0.15, -0.1) is 0 Å². The number of hydrogen-bond acceptors (Lipinski definition) is 2. The smallest absolute Gasteiger partial charge is 0.159 e. The zero-order valence-electron chi connectivity index (χ0n) is 15.5. The zero-order chi connectivity index (χ0) is 18.2. The first kappa shape index (κ1) is 18.6. The van der Waals surface area contributed by atoms with E-state index in [9.17, 15) is 4.39 Å². The molecule has 1 fully saturated rings. The summed E-state index contributed by atoms with van der Waals surface area (Å²) >= 11 is 0. The second-order valence-electron chi connectivity index (χ2n) is 7.29. The molecule has 3 rings (SSSR count). The number of rotatable bonds is 5. The summed E-state index contributed by atoms with van der Waals surface area (Å²) in [6.07, 6.45) is 14.1. The van der Waals surface area contributed by atoms with Crippen LogP contribution >= 0.6 is 0 Å². The van der Waals surface area contributed by atoms with Gasteiger partial charge in [-0.3, -0.25) is 0 Å². The van der Waals surface area contributed by atoms with Crippen LogP contribution in [-0.4, -0.2) is 9.97 Å². The Bertz CT molecular complexity index is 733. The Morgan fingerprint density at radius 1 is 1.00 bits per heavy atom. The van der Waals surface area contributed by atoms with Crippen molar-refractivity contribution in [3.05, 3.63) is 48.0 Å². The molecule has 1 aromatic heterocycles. The molecule has 0 amide bonds. The molecule has 1 heterocycles. The van der Waals surface area contributed by atoms with Crippen LogP contribution in [0.4, 0.5) is 4.39 Å². The van der Waals surface area contributed by atoms with E-state index in [0.717, 1.165) is 17.0 Å². The molecule has 0 radical (unpaired) electrons. The number of unbranched alkanes of at least 4 members (excludes halogenated alkanes) is 2. The number of nitrogens with zero attached hydrogens (tertiary/aromatic N) is 2. The zero-order valence-corrected chi connectivity index (χ0v) is 15.5. The lowest BCUT2D eigenvalue weighted by atomic mass is 9.80. The fraction of sp³-hybridized carbons (Fsp3) is 0.478. The SMILES string of the molecule is CCCCCC1CCC(C#Cc2cnc(-c3ccc(F)cc3)nc2)CC1. The normalized spacial score (nSPS) is 19.6. The molecule has 26 heavy (non-hydrogen) atoms. The van der Waals surface area contributed by atoms with Gasteiger partial charge in [-0.1, -0.05) is 44.4 Å². The van der Waals surface area contributed by atoms with Gasteiger partial charge in [-0.25, -0.2) is 14.4 Å². The molecule has 1 aliphatic carbocycles. The van der Waals surface area contributed by atoms with E-state index in [1.54, 1.807) is 24.5 Å². The molecule has 0 N–H and O–H groups in total. The lowest BCUT2D eigenvalue weighted by Gasteiger charge is -2.25. The fourth-order valence-corrected chi connectivity index (χ4v) is 3.60. The van der Waals surface area contributed by atoms with Crippen LogP contribution in [0.5, 0.6) is 0 Å². The summed E-state index contributed by atoms with van der Waals surface area (Å²) < 4.78 is 13.0. The van der Waals surface area contributed by atoms with E-state index in [0.29, 0.717) is 11.7 Å². The summed E-state index contributed by atoms with van der Waals surface area (Å²) in [4.78, 5) is 8.72. The molecule has 0 unspecified atom stereocenters. The van der Waals surface area contributed by atoms with E-state index in [2.05, 4.69) is 28.7 Å². The van der Waals surface area contributed by atoms with E-state index in [-0.39, 0.29) is 5.82 Å². The highest BCUT2D eigenvalue weighted by Gasteiger charge is 2.19. The summed E-state index contributed by atoms with van der Waals surface area (Å²) in [6.45, 7) is 2.27. The molecular formula is C23H27FN2. The largest absolute Gasteiger partial charge is 0.235 e. The second-order valence-corrected chi connectivity index (χ2v) is 7.29. The molecule has 2 nitrogen and oxygen atoms in total. The minimum Gasteiger partial charge on any atom is -0.235 e. The highest BCUT2D eigenvalue weighted by Crippen LogP contribution is 2.31. The van der Waals surface area contributed by atoms with Crippen LogP contribution in [0.1, 0.15) is 63.9 Å². The minimum atomic E-state index is -0.253. The van der Waals surface area contributed by atoms with Gasteiger partial charge in [-0.2, -0.15) is 0 Å². The van der Waals surface area contributed by atoms with Gasteiger partial charge in [0, 0.05) is 23.9 Å². The standard InChI is InChI=1S/C23H27FN2/c1-2-3-4-5-18-6-8-19(9-7-18)10-11-20-16-25-23(26-17-20)21-12-14-22(24)15-13-21/h12-19H,2-9H2,1H3. The molecule has 136 valence electrons. The monoisotopic (exact) mass is 350 g/mol. The quantitative estimate of drug-likeness (QED) is 0.487. The number of benzene rings is 1. The van der Waals surface area contributed by atoms with Gasteiger partial charge in [0.15, 0.2) is 5.82 Å². The maximum Gasteiger partial charge on any atom is 0.159 e. The lowest BCUT2D eigenvalue weighted by molar-refractivity contribution is 0.294. The summed E-state index contributed by atoms with van der Waals surface area (Å²) in [7, 11) is 0. The van der Waals surface area contributed by atoms with Gasteiger partial charge in [0.2, 0.25) is 0 Å². The maximum atomic E-state index is 13.0. The Labute approximate surface area is 156 Å². The fourth-order valence-electron chi connectivity index (χ4n) is 3.60. The first-order valence-corrected chi connectivity index (χ1v) is 9.84. The van der Waals surface area contributed by atoms with Crippen LogP contribution in [0.3, 0.4) is 0 Å². The molecule has 1 aliphatic rings. The van der Waals surface area contributed by atoms with Crippen LogP contribution in [0.15, 0.2) is 36.7 Å². The number of aromatic nitrogens is 2. The molecule has 0 saturated heterocycles. The Morgan fingerprint density at radius 2 is 1.69 bits per heavy atom. The second kappa shape index (κ2) is 9.48. The predicted octanol–water partition coefficient (Wildman–Crippen LogP) is 6.02. The van der Waals surface area contributed by atoms with Crippen LogP contribution < -0.4 is 0 Å². The first-order valence-electron chi connectivity index (χ1n) is 9.84. The molecule has 0 bridgehead atoms. The third-order valence-corrected chi connectivity index (χ3v) is 5.24. The minimum absolute atomic E-state index is 0.253. The van der Waals surface area contributed by atoms with Gasteiger partial charge in [0.25, 0.3) is 0 Å². The molecule has 2 aromatic rings. The van der Waals surface area contributed by atoms with Crippen molar-refractivity contribution in [3.8, 4) is 23.2 Å². The van der Waals surface area contributed by atoms with E-state index >= 15 is 0 Å². The van der Waals surface area contributed by atoms with Crippen LogP contribution in [0, 0.1) is 29.5 Å². The van der Waals surface area contributed by atoms with E-state index in [1.165, 1.54) is 63.5 Å². The van der Waals surface area contributed by atoms with Gasteiger partial charge in [-0.05, 0) is 55.9 Å². The van der Waals surface area contributed by atoms with Crippen molar-refractivity contribution in [3.63, 3.8) is 0 Å². The van der Waals surface area contributed by atoms with Crippen molar-refractivity contribution in [2.75, 3.05) is 0 Å². The predicted molar refractivity (Wildman–Crippen MR) is 104 cm³/mol. The van der Waals surface area contributed by atoms with Crippen molar-refractivity contribution in [1.29, 1.82) is 0 Å². The number of halogens is 1. The van der Waals surface area contributed by atoms with Crippen LogP contribution in [-0.2, 0) is 0 Å². The molecular weight excluding hydrogens is 323 g/mol. The maximum absolute atomic E-state index is 13.0. The highest BCUT2D eigenvalue weighted by molar-refractivity contribution is 5.54. The Kier molecular flexibility index (Phi) is 6.77. The highest BCUT2D eigenvalue weighted by atomic mass is 19.1. The summed E-state index contributed by atoms with van der Waals surface area (Å²) in [6, 6.07) is 6.22. The van der Waals surface area contributed by atoms with E-state index in [1.807, 2.05) is 0 Å². The van der Waals surface area contributed by atoms with Gasteiger partial charge in [0.1, 0.15) is 5.82 Å². The van der Waals surface area contributed by atoms with Crippen molar-refractivity contribution in [1.82, 2.24) is 9.97 Å². The van der Waals surface area contributed by atoms with Crippen molar-refractivity contribution >= 4 is 0 Å². The molecule has 0 spiro atoms. The average Bonchev–Trinajstić information content (AvgIpc) is 2.69. The third-order valence-electron chi connectivity index (χ3n) is 5.24. The topological polar surface area (TPSA) is 25.8 Å². The third kappa shape index (κ3) is 5.39. The first-order chi connectivity index (χ1) is 12.7. The van der Waals surface area contributed by atoms with Crippen molar-refractivity contribution < 1.29 is 4.39 Å². The van der Waals surface area contributed by atoms with Crippen LogP contribution in [0.25, 0.3) is 11.4 Å². The Balaban J connectivity index is 1.52. The summed E-state index contributed by atoms with van der Waals surface area (Å²) in [5.74, 6) is 8.42. The van der Waals surface area contributed by atoms with Gasteiger partial charge in [0.05, 0.1) is 5.56 Å². The number of hydrogen-bond donors (Lipinski definition) is 0. The van der Waals surface area contributed by atoms with Crippen molar-refractivity contribution in [2.45, 2.75) is 58.3 Å². The van der Waals surface area contributed by atoms with Crippen LogP contribution in [0.2, 0.25) is 0 Å². The average molecular weight is 350 g/mol. The lowest BCUT2D eigenvalue weighted by Crippen LogP contribution is -2.13. The van der Waals surface area contributed by atoms with E-state index < -0.39 is 0 Å². The molecule has 1 saturated carbocycles.